The van der Waals surface area contributed by atoms with Gasteiger partial charge in [-0.1, -0.05) is 12.1 Å². The second-order valence-electron chi connectivity index (χ2n) is 4.64. The average molecular weight is 319 g/mol. The van der Waals surface area contributed by atoms with Crippen LogP contribution in [-0.2, 0) is 9.36 Å². The van der Waals surface area contributed by atoms with Crippen molar-refractivity contribution in [3.05, 3.63) is 46.9 Å². The molecule has 1 aliphatic heterocycles. The number of nitriles is 1. The summed E-state index contributed by atoms with van der Waals surface area (Å²) in [5, 5.41) is 11.2. The van der Waals surface area contributed by atoms with Crippen molar-refractivity contribution in [2.24, 2.45) is 0 Å². The third-order valence-electron chi connectivity index (χ3n) is 3.30. The van der Waals surface area contributed by atoms with Gasteiger partial charge in [-0.3, -0.25) is 9.36 Å². The number of carbonyl (C=O) groups is 1. The van der Waals surface area contributed by atoms with Crippen LogP contribution in [0.15, 0.2) is 41.4 Å². The zero-order valence-corrected chi connectivity index (χ0v) is 12.8. The Morgan fingerprint density at radius 2 is 1.91 bits per heavy atom. The molecule has 0 fully saturated rings. The summed E-state index contributed by atoms with van der Waals surface area (Å²) in [6, 6.07) is 8.48. The van der Waals surface area contributed by atoms with Gasteiger partial charge in [0, 0.05) is 25.4 Å². The molecule has 2 rings (SSSR count). The maximum atomic E-state index is 12.3. The Hall–Kier alpha value is -2.39. The molecule has 0 aromatic heterocycles. The first kappa shape index (κ1) is 16.0. The van der Waals surface area contributed by atoms with Crippen LogP contribution in [0.25, 0.3) is 5.57 Å². The van der Waals surface area contributed by atoms with Gasteiger partial charge in [0.2, 0.25) is 0 Å². The van der Waals surface area contributed by atoms with Crippen molar-refractivity contribution < 1.29 is 19.1 Å². The van der Waals surface area contributed by atoms with Gasteiger partial charge in [-0.2, -0.15) is 5.26 Å². The predicted molar refractivity (Wildman–Crippen MR) is 81.4 cm³/mol. The van der Waals surface area contributed by atoms with Crippen molar-refractivity contribution >= 4 is 24.8 Å². The van der Waals surface area contributed by atoms with Gasteiger partial charge < -0.3 is 20.0 Å². The number of amides is 1. The summed E-state index contributed by atoms with van der Waals surface area (Å²) in [6.07, 6.45) is 1.33. The number of nitrogens with zero attached hydrogens (tertiary/aromatic N) is 2. The first-order valence-corrected chi connectivity index (χ1v) is 7.89. The van der Waals surface area contributed by atoms with Gasteiger partial charge in [0.1, 0.15) is 6.07 Å². The molecule has 0 bridgehead atoms. The molecule has 0 unspecified atom stereocenters. The number of allylic oxidation sites excluding steroid dienone is 2. The minimum absolute atomic E-state index is 0.0754. The van der Waals surface area contributed by atoms with E-state index in [9.17, 15) is 19.1 Å². The number of rotatable bonds is 3. The first-order valence-electron chi connectivity index (χ1n) is 6.28. The van der Waals surface area contributed by atoms with E-state index < -0.39 is 18.8 Å². The van der Waals surface area contributed by atoms with E-state index in [0.29, 0.717) is 5.56 Å². The molecular formula is C14H14N3O4P. The van der Waals surface area contributed by atoms with Crippen molar-refractivity contribution in [1.82, 2.24) is 4.90 Å². The smallest absolute Gasteiger partial charge is 0.368 e. The van der Waals surface area contributed by atoms with Crippen LogP contribution in [0.4, 0.5) is 5.69 Å². The lowest BCUT2D eigenvalue weighted by atomic mass is 10.1. The van der Waals surface area contributed by atoms with Crippen molar-refractivity contribution in [3.8, 4) is 6.07 Å². The summed E-state index contributed by atoms with van der Waals surface area (Å²) < 4.78 is 11.4. The Balaban J connectivity index is 2.56. The van der Waals surface area contributed by atoms with E-state index in [1.165, 1.54) is 19.2 Å². The normalized spacial score (nSPS) is 17.1. The summed E-state index contributed by atoms with van der Waals surface area (Å²) in [7, 11) is -1.61. The highest BCUT2D eigenvalue weighted by atomic mass is 31.2. The van der Waals surface area contributed by atoms with Gasteiger partial charge in [0.05, 0.1) is 5.70 Å². The number of hydrogen-bond donors (Lipinski definition) is 3. The SMILES string of the molecule is CNc1ccc(C2=C/C(=C(/C#N)P(=O)(O)O)N(C)C2=O)cc1. The first-order chi connectivity index (χ1) is 10.3. The van der Waals surface area contributed by atoms with Crippen LogP contribution >= 0.6 is 7.60 Å². The Labute approximate surface area is 127 Å². The molecule has 0 atom stereocenters. The Kier molecular flexibility index (Phi) is 4.20. The van der Waals surface area contributed by atoms with Crippen LogP contribution in [0, 0.1) is 11.3 Å². The zero-order valence-electron chi connectivity index (χ0n) is 11.9. The van der Waals surface area contributed by atoms with Crippen LogP contribution in [0.5, 0.6) is 0 Å². The molecule has 1 amide bonds. The topological polar surface area (TPSA) is 114 Å². The maximum Gasteiger partial charge on any atom is 0.368 e. The highest BCUT2D eigenvalue weighted by molar-refractivity contribution is 7.57. The number of carbonyl (C=O) groups excluding carboxylic acids is 1. The summed E-state index contributed by atoms with van der Waals surface area (Å²) in [5.41, 5.74) is 1.68. The minimum Gasteiger partial charge on any atom is -0.388 e. The van der Waals surface area contributed by atoms with E-state index in [1.54, 1.807) is 31.3 Å². The fourth-order valence-corrected chi connectivity index (χ4v) is 2.75. The molecule has 1 heterocycles. The summed E-state index contributed by atoms with van der Waals surface area (Å²) in [5.74, 6) is -0.423. The van der Waals surface area contributed by atoms with Gasteiger partial charge >= 0.3 is 7.60 Å². The van der Waals surface area contributed by atoms with E-state index in [-0.39, 0.29) is 11.3 Å². The highest BCUT2D eigenvalue weighted by Gasteiger charge is 2.34. The zero-order chi connectivity index (χ0) is 16.5. The van der Waals surface area contributed by atoms with Crippen LogP contribution in [-0.4, -0.2) is 34.7 Å². The number of likely N-dealkylation sites (N-methyl/N-ethyl adjacent to an activating group) is 1. The second-order valence-corrected chi connectivity index (χ2v) is 6.17. The molecular weight excluding hydrogens is 305 g/mol. The van der Waals surface area contributed by atoms with E-state index >= 15 is 0 Å². The lowest BCUT2D eigenvalue weighted by Gasteiger charge is -2.14. The van der Waals surface area contributed by atoms with Crippen molar-refractivity contribution in [1.29, 1.82) is 5.26 Å². The molecule has 1 aromatic carbocycles. The second kappa shape index (κ2) is 5.78. The summed E-state index contributed by atoms with van der Waals surface area (Å²) >= 11 is 0. The van der Waals surface area contributed by atoms with Gasteiger partial charge in [0.15, 0.2) is 5.31 Å². The van der Waals surface area contributed by atoms with E-state index in [0.717, 1.165) is 10.6 Å². The van der Waals surface area contributed by atoms with Crippen LogP contribution in [0.3, 0.4) is 0 Å². The van der Waals surface area contributed by atoms with Gasteiger partial charge in [-0.05, 0) is 23.8 Å². The predicted octanol–water partition coefficient (Wildman–Crippen LogP) is 1.50. The van der Waals surface area contributed by atoms with Gasteiger partial charge in [-0.15, -0.1) is 0 Å². The summed E-state index contributed by atoms with van der Waals surface area (Å²) in [6.45, 7) is 0. The van der Waals surface area contributed by atoms with Crippen LogP contribution < -0.4 is 5.32 Å². The molecule has 0 saturated heterocycles. The molecule has 1 aliphatic rings. The minimum atomic E-state index is -4.75. The van der Waals surface area contributed by atoms with Crippen LogP contribution in [0.2, 0.25) is 0 Å². The van der Waals surface area contributed by atoms with Crippen molar-refractivity contribution in [2.75, 3.05) is 19.4 Å². The molecule has 114 valence electrons. The molecule has 3 N–H and O–H groups in total. The third kappa shape index (κ3) is 2.81. The lowest BCUT2D eigenvalue weighted by Crippen LogP contribution is -2.21. The number of nitrogens with one attached hydrogen (secondary N) is 1. The van der Waals surface area contributed by atoms with E-state index in [1.807, 2.05) is 0 Å². The lowest BCUT2D eigenvalue weighted by molar-refractivity contribution is -0.121. The fourth-order valence-electron chi connectivity index (χ4n) is 2.11. The Morgan fingerprint density at radius 3 is 2.36 bits per heavy atom. The average Bonchev–Trinajstić information content (AvgIpc) is 2.75. The highest BCUT2D eigenvalue weighted by Crippen LogP contribution is 2.48. The quantitative estimate of drug-likeness (QED) is 0.574. The molecule has 7 nitrogen and oxygen atoms in total. The third-order valence-corrected chi connectivity index (χ3v) is 4.21. The molecule has 0 spiro atoms. The number of anilines is 1. The Morgan fingerprint density at radius 1 is 1.32 bits per heavy atom. The standard InChI is InChI=1S/C14H14N3O4P/c1-16-10-5-3-9(4-6-10)11-7-12(17(2)14(11)18)13(8-15)22(19,20)21/h3-7,16H,1-2H3,(H2,19,20,21)/b13-12+. The largest absolute Gasteiger partial charge is 0.388 e. The fraction of sp³-hybridized carbons (Fsp3) is 0.143. The van der Waals surface area contributed by atoms with Crippen LogP contribution in [0.1, 0.15) is 5.56 Å². The molecule has 8 heteroatoms. The van der Waals surface area contributed by atoms with Gasteiger partial charge in [0.25, 0.3) is 5.91 Å². The molecule has 0 saturated carbocycles. The van der Waals surface area contributed by atoms with Gasteiger partial charge in [-0.25, -0.2) is 0 Å². The number of benzene rings is 1. The van der Waals surface area contributed by atoms with E-state index in [4.69, 9.17) is 5.26 Å². The maximum absolute atomic E-state index is 12.3. The molecule has 0 aliphatic carbocycles. The van der Waals surface area contributed by atoms with Crippen molar-refractivity contribution in [3.63, 3.8) is 0 Å². The molecule has 0 radical (unpaired) electrons. The molecule has 22 heavy (non-hydrogen) atoms. The summed E-state index contributed by atoms with van der Waals surface area (Å²) in [4.78, 5) is 31.8. The van der Waals surface area contributed by atoms with E-state index in [2.05, 4.69) is 5.32 Å². The van der Waals surface area contributed by atoms with Crippen molar-refractivity contribution in [2.45, 2.75) is 0 Å². The monoisotopic (exact) mass is 319 g/mol. The number of hydrogen-bond acceptors (Lipinski definition) is 4. The molecule has 1 aromatic rings. The Bertz CT molecular complexity index is 768.